The summed E-state index contributed by atoms with van der Waals surface area (Å²) in [4.78, 5) is 26.2. The maximum atomic E-state index is 13.1. The number of piperidine rings is 1. The molecule has 3 aromatic rings. The van der Waals surface area contributed by atoms with E-state index in [4.69, 9.17) is 16.7 Å². The fraction of sp³-hybridized carbons (Fsp3) is 0.292. The van der Waals surface area contributed by atoms with Gasteiger partial charge in [0.25, 0.3) is 0 Å². The van der Waals surface area contributed by atoms with Crippen molar-refractivity contribution >= 4 is 23.4 Å². The molecule has 0 unspecified atom stereocenters. The first-order chi connectivity index (χ1) is 15.0. The fourth-order valence-electron chi connectivity index (χ4n) is 3.94. The number of aromatic nitrogens is 2. The summed E-state index contributed by atoms with van der Waals surface area (Å²) in [7, 11) is 0. The van der Waals surface area contributed by atoms with E-state index in [1.54, 1.807) is 0 Å². The number of benzene rings is 2. The molecule has 1 N–H and O–H groups in total. The van der Waals surface area contributed by atoms with E-state index < -0.39 is 0 Å². The molecule has 31 heavy (non-hydrogen) atoms. The maximum absolute atomic E-state index is 13.1. The van der Waals surface area contributed by atoms with Gasteiger partial charge in [0, 0.05) is 48.4 Å². The third-order valence-corrected chi connectivity index (χ3v) is 5.78. The molecule has 4 rings (SSSR count). The number of amides is 2. The summed E-state index contributed by atoms with van der Waals surface area (Å²) in [6.07, 6.45) is 3.76. The van der Waals surface area contributed by atoms with Crippen LogP contribution in [0.3, 0.4) is 0 Å². The smallest absolute Gasteiger partial charge is 0.227 e. The van der Waals surface area contributed by atoms with Crippen LogP contribution < -0.4 is 5.32 Å². The molecule has 2 heterocycles. The van der Waals surface area contributed by atoms with Gasteiger partial charge in [0.1, 0.15) is 0 Å². The van der Waals surface area contributed by atoms with Crippen LogP contribution in [0, 0.1) is 0 Å². The largest absolute Gasteiger partial charge is 0.353 e. The molecule has 1 saturated heterocycles. The van der Waals surface area contributed by atoms with Crippen molar-refractivity contribution in [1.82, 2.24) is 20.0 Å². The van der Waals surface area contributed by atoms with Crippen LogP contribution in [-0.2, 0) is 16.0 Å². The molecule has 1 aromatic heterocycles. The predicted octanol–water partition coefficient (Wildman–Crippen LogP) is 3.86. The minimum atomic E-state index is -0.0225. The lowest BCUT2D eigenvalue weighted by molar-refractivity contribution is -0.131. The molecule has 0 spiro atoms. The molecule has 0 radical (unpaired) electrons. The summed E-state index contributed by atoms with van der Waals surface area (Å²) in [5.41, 5.74) is 3.51. The third kappa shape index (κ3) is 5.14. The van der Waals surface area contributed by atoms with E-state index in [0.717, 1.165) is 35.3 Å². The van der Waals surface area contributed by atoms with Gasteiger partial charge in [-0.05, 0) is 37.1 Å². The summed E-state index contributed by atoms with van der Waals surface area (Å²) in [6, 6.07) is 17.5. The molecule has 1 aliphatic rings. The summed E-state index contributed by atoms with van der Waals surface area (Å²) in [5, 5.41) is 8.38. The molecule has 0 saturated carbocycles. The second-order valence-corrected chi connectivity index (χ2v) is 8.26. The van der Waals surface area contributed by atoms with Gasteiger partial charge in [-0.15, -0.1) is 0 Å². The molecule has 7 heteroatoms. The zero-order valence-corrected chi connectivity index (χ0v) is 18.2. The van der Waals surface area contributed by atoms with Gasteiger partial charge < -0.3 is 10.2 Å². The zero-order valence-electron chi connectivity index (χ0n) is 17.4. The van der Waals surface area contributed by atoms with Gasteiger partial charge in [0.15, 0.2) is 0 Å². The van der Waals surface area contributed by atoms with E-state index >= 15 is 0 Å². The lowest BCUT2D eigenvalue weighted by Crippen LogP contribution is -2.46. The first-order valence-corrected chi connectivity index (χ1v) is 10.8. The summed E-state index contributed by atoms with van der Waals surface area (Å²) in [5.74, 6) is 0.0507. The van der Waals surface area contributed by atoms with Crippen LogP contribution >= 0.6 is 11.6 Å². The number of likely N-dealkylation sites (tertiary alicyclic amines) is 1. The molecular formula is C24H25ClN4O2. The van der Waals surface area contributed by atoms with E-state index in [-0.39, 0.29) is 24.3 Å². The van der Waals surface area contributed by atoms with E-state index in [1.807, 2.05) is 70.4 Å². The topological polar surface area (TPSA) is 67.2 Å². The molecule has 1 aliphatic heterocycles. The number of nitrogens with one attached hydrogen (secondary N) is 1. The minimum absolute atomic E-state index is 0.0225. The Balaban J connectivity index is 1.55. The number of carbonyl (C=O) groups excluding carboxylic acids is 2. The van der Waals surface area contributed by atoms with Crippen LogP contribution in [-0.4, -0.2) is 45.6 Å². The molecular weight excluding hydrogens is 412 g/mol. The van der Waals surface area contributed by atoms with Gasteiger partial charge in [-0.3, -0.25) is 9.59 Å². The highest BCUT2D eigenvalue weighted by atomic mass is 35.5. The molecule has 0 atom stereocenters. The van der Waals surface area contributed by atoms with Crippen LogP contribution in [0.25, 0.3) is 16.9 Å². The van der Waals surface area contributed by atoms with Crippen LogP contribution in [0.15, 0.2) is 60.8 Å². The van der Waals surface area contributed by atoms with Crippen molar-refractivity contribution in [2.45, 2.75) is 32.2 Å². The summed E-state index contributed by atoms with van der Waals surface area (Å²) >= 11 is 6.06. The van der Waals surface area contributed by atoms with Gasteiger partial charge in [0.2, 0.25) is 11.8 Å². The van der Waals surface area contributed by atoms with Gasteiger partial charge in [0.05, 0.1) is 17.8 Å². The Hall–Kier alpha value is -3.12. The summed E-state index contributed by atoms with van der Waals surface area (Å²) < 4.78 is 1.82. The van der Waals surface area contributed by atoms with Crippen molar-refractivity contribution in [2.75, 3.05) is 13.1 Å². The Kier molecular flexibility index (Phi) is 6.37. The van der Waals surface area contributed by atoms with E-state index in [2.05, 4.69) is 5.32 Å². The first kappa shape index (κ1) is 21.1. The molecule has 2 amide bonds. The average Bonchev–Trinajstić information content (AvgIpc) is 3.18. The van der Waals surface area contributed by atoms with Crippen LogP contribution in [0.4, 0.5) is 0 Å². The van der Waals surface area contributed by atoms with E-state index in [1.165, 1.54) is 6.92 Å². The Morgan fingerprint density at radius 3 is 2.39 bits per heavy atom. The van der Waals surface area contributed by atoms with E-state index in [9.17, 15) is 9.59 Å². The Morgan fingerprint density at radius 1 is 1.06 bits per heavy atom. The van der Waals surface area contributed by atoms with Crippen molar-refractivity contribution < 1.29 is 9.59 Å². The fourth-order valence-corrected chi connectivity index (χ4v) is 4.06. The molecule has 6 nitrogen and oxygen atoms in total. The molecule has 0 bridgehead atoms. The second-order valence-electron chi connectivity index (χ2n) is 7.82. The minimum Gasteiger partial charge on any atom is -0.353 e. The van der Waals surface area contributed by atoms with Crippen molar-refractivity contribution in [3.05, 3.63) is 71.4 Å². The van der Waals surface area contributed by atoms with Crippen LogP contribution in [0.1, 0.15) is 25.3 Å². The van der Waals surface area contributed by atoms with Crippen LogP contribution in [0.5, 0.6) is 0 Å². The van der Waals surface area contributed by atoms with Gasteiger partial charge in [-0.25, -0.2) is 4.68 Å². The van der Waals surface area contributed by atoms with Gasteiger partial charge >= 0.3 is 0 Å². The van der Waals surface area contributed by atoms with Crippen molar-refractivity contribution in [3.8, 4) is 16.9 Å². The Bertz CT molecular complexity index is 1050. The van der Waals surface area contributed by atoms with Gasteiger partial charge in [-0.1, -0.05) is 41.9 Å². The van der Waals surface area contributed by atoms with Crippen molar-refractivity contribution in [3.63, 3.8) is 0 Å². The van der Waals surface area contributed by atoms with Crippen molar-refractivity contribution in [2.24, 2.45) is 0 Å². The standard InChI is InChI=1S/C24H25ClN4O2/c1-17(30)26-21-11-13-28(14-12-21)23(31)15-19-16-29(22-5-3-2-4-6-22)27-24(19)18-7-9-20(25)10-8-18/h2-10,16,21H,11-15H2,1H3,(H,26,30). The van der Waals surface area contributed by atoms with Gasteiger partial charge in [-0.2, -0.15) is 5.10 Å². The maximum Gasteiger partial charge on any atom is 0.227 e. The second kappa shape index (κ2) is 9.35. The SMILES string of the molecule is CC(=O)NC1CCN(C(=O)Cc2cn(-c3ccccc3)nc2-c2ccc(Cl)cc2)CC1. The number of para-hydroxylation sites is 1. The lowest BCUT2D eigenvalue weighted by Gasteiger charge is -2.32. The monoisotopic (exact) mass is 436 g/mol. The molecule has 0 aliphatic carbocycles. The highest BCUT2D eigenvalue weighted by molar-refractivity contribution is 6.30. The van der Waals surface area contributed by atoms with Crippen molar-refractivity contribution in [1.29, 1.82) is 0 Å². The van der Waals surface area contributed by atoms with Crippen LogP contribution in [0.2, 0.25) is 5.02 Å². The third-order valence-electron chi connectivity index (χ3n) is 5.53. The Labute approximate surface area is 186 Å². The Morgan fingerprint density at radius 2 is 1.74 bits per heavy atom. The number of nitrogens with zero attached hydrogens (tertiary/aromatic N) is 3. The number of carbonyl (C=O) groups is 2. The quantitative estimate of drug-likeness (QED) is 0.660. The normalized spacial score (nSPS) is 14.5. The highest BCUT2D eigenvalue weighted by Crippen LogP contribution is 2.26. The first-order valence-electron chi connectivity index (χ1n) is 10.4. The summed E-state index contributed by atoms with van der Waals surface area (Å²) in [6.45, 7) is 2.82. The highest BCUT2D eigenvalue weighted by Gasteiger charge is 2.25. The molecule has 1 fully saturated rings. The average molecular weight is 437 g/mol. The zero-order chi connectivity index (χ0) is 21.8. The number of hydrogen-bond acceptors (Lipinski definition) is 3. The number of hydrogen-bond donors (Lipinski definition) is 1. The van der Waals surface area contributed by atoms with E-state index in [0.29, 0.717) is 18.1 Å². The molecule has 2 aromatic carbocycles. The number of rotatable bonds is 5. The number of halogens is 1. The lowest BCUT2D eigenvalue weighted by atomic mass is 10.0. The molecule has 160 valence electrons. The predicted molar refractivity (Wildman–Crippen MR) is 121 cm³/mol.